The molecule has 0 spiro atoms. The third-order valence-corrected chi connectivity index (χ3v) is 6.96. The van der Waals surface area contributed by atoms with Crippen LogP contribution >= 0.6 is 12.4 Å². The summed E-state index contributed by atoms with van der Waals surface area (Å²) >= 11 is 0. The maximum absolute atomic E-state index is 12.8. The Morgan fingerprint density at radius 2 is 1.93 bits per heavy atom. The van der Waals surface area contributed by atoms with Crippen molar-refractivity contribution in [1.29, 1.82) is 0 Å². The molecular weight excluding hydrogens is 408 g/mol. The molecule has 3 rings (SSSR count). The van der Waals surface area contributed by atoms with Crippen molar-refractivity contribution in [3.8, 4) is 0 Å². The van der Waals surface area contributed by atoms with Crippen LogP contribution in [0.15, 0.2) is 29.2 Å². The Bertz CT molecular complexity index is 796. The second kappa shape index (κ2) is 9.64. The van der Waals surface area contributed by atoms with Gasteiger partial charge in [-0.1, -0.05) is 0 Å². The van der Waals surface area contributed by atoms with Gasteiger partial charge in [0.05, 0.1) is 15.7 Å². The lowest BCUT2D eigenvalue weighted by atomic mass is 9.97. The Morgan fingerprint density at radius 3 is 2.54 bits per heavy atom. The van der Waals surface area contributed by atoms with E-state index in [9.17, 15) is 23.3 Å². The van der Waals surface area contributed by atoms with Crippen molar-refractivity contribution in [2.24, 2.45) is 5.92 Å². The zero-order valence-corrected chi connectivity index (χ0v) is 17.0. The Balaban J connectivity index is 0.00000280. The van der Waals surface area contributed by atoms with Crippen LogP contribution in [0.25, 0.3) is 0 Å². The van der Waals surface area contributed by atoms with E-state index in [1.165, 1.54) is 28.6 Å². The van der Waals surface area contributed by atoms with Gasteiger partial charge >= 0.3 is 0 Å². The number of amides is 1. The fourth-order valence-corrected chi connectivity index (χ4v) is 5.08. The summed E-state index contributed by atoms with van der Waals surface area (Å²) in [5.74, 6) is -0.485. The molecule has 2 N–H and O–H groups in total. The number of sulfonamides is 1. The van der Waals surface area contributed by atoms with Crippen LogP contribution in [0.2, 0.25) is 0 Å². The minimum absolute atomic E-state index is 0. The number of rotatable bonds is 5. The molecule has 0 aromatic heterocycles. The van der Waals surface area contributed by atoms with Crippen LogP contribution in [0.3, 0.4) is 0 Å². The molecule has 2 unspecified atom stereocenters. The van der Waals surface area contributed by atoms with Crippen LogP contribution in [0.5, 0.6) is 0 Å². The number of piperidine rings is 2. The van der Waals surface area contributed by atoms with Crippen molar-refractivity contribution in [2.75, 3.05) is 26.2 Å². The Morgan fingerprint density at radius 1 is 1.21 bits per heavy atom. The zero-order valence-electron chi connectivity index (χ0n) is 15.4. The lowest BCUT2D eigenvalue weighted by Crippen LogP contribution is -2.51. The molecule has 0 bridgehead atoms. The summed E-state index contributed by atoms with van der Waals surface area (Å²) in [4.78, 5) is 22.7. The quantitative estimate of drug-likeness (QED) is 0.534. The average Bonchev–Trinajstić information content (AvgIpc) is 2.69. The van der Waals surface area contributed by atoms with Gasteiger partial charge in [0.1, 0.15) is 0 Å². The van der Waals surface area contributed by atoms with Crippen molar-refractivity contribution in [2.45, 2.75) is 36.6 Å². The standard InChI is InChI=1S/C17H24N4O5S.ClH/c22-17(19-14-4-1-9-18-11-14)13-3-2-10-20(12-13)27(25,26)16-7-5-15(6-8-16)21(23)24;/h5-8,13-14,18H,1-4,9-12H2,(H,19,22);1H. The van der Waals surface area contributed by atoms with E-state index in [1.807, 2.05) is 0 Å². The number of nitro groups is 1. The molecule has 2 aliphatic heterocycles. The number of benzene rings is 1. The molecule has 1 aromatic carbocycles. The molecule has 1 amide bonds. The van der Waals surface area contributed by atoms with E-state index >= 15 is 0 Å². The molecule has 0 radical (unpaired) electrons. The van der Waals surface area contributed by atoms with E-state index in [1.54, 1.807) is 0 Å². The van der Waals surface area contributed by atoms with E-state index in [0.717, 1.165) is 25.9 Å². The van der Waals surface area contributed by atoms with E-state index in [4.69, 9.17) is 0 Å². The highest BCUT2D eigenvalue weighted by Gasteiger charge is 2.34. The van der Waals surface area contributed by atoms with Gasteiger partial charge in [-0.2, -0.15) is 4.31 Å². The predicted molar refractivity (Wildman–Crippen MR) is 106 cm³/mol. The number of halogens is 1. The molecule has 2 fully saturated rings. The van der Waals surface area contributed by atoms with Gasteiger partial charge in [-0.15, -0.1) is 12.4 Å². The van der Waals surface area contributed by atoms with Gasteiger partial charge in [0.2, 0.25) is 15.9 Å². The lowest BCUT2D eigenvalue weighted by Gasteiger charge is -2.32. The van der Waals surface area contributed by atoms with Crippen LogP contribution < -0.4 is 10.6 Å². The van der Waals surface area contributed by atoms with Crippen LogP contribution in [-0.4, -0.2) is 55.8 Å². The molecule has 9 nitrogen and oxygen atoms in total. The average molecular weight is 433 g/mol. The molecule has 2 saturated heterocycles. The highest BCUT2D eigenvalue weighted by Crippen LogP contribution is 2.25. The maximum atomic E-state index is 12.8. The molecule has 2 aliphatic rings. The second-order valence-corrected chi connectivity index (χ2v) is 8.94. The highest BCUT2D eigenvalue weighted by atomic mass is 35.5. The maximum Gasteiger partial charge on any atom is 0.269 e. The van der Waals surface area contributed by atoms with Gasteiger partial charge in [-0.25, -0.2) is 8.42 Å². The normalized spacial score (nSPS) is 23.4. The summed E-state index contributed by atoms with van der Waals surface area (Å²) in [6, 6.07) is 4.93. The van der Waals surface area contributed by atoms with Gasteiger partial charge in [0.15, 0.2) is 0 Å². The number of hydrogen-bond donors (Lipinski definition) is 2. The Hall–Kier alpha value is -1.75. The van der Waals surface area contributed by atoms with Crippen LogP contribution in [0.1, 0.15) is 25.7 Å². The second-order valence-electron chi connectivity index (χ2n) is 7.01. The summed E-state index contributed by atoms with van der Waals surface area (Å²) in [5.41, 5.74) is -0.161. The van der Waals surface area contributed by atoms with Gasteiger partial charge in [0.25, 0.3) is 5.69 Å². The van der Waals surface area contributed by atoms with E-state index in [0.29, 0.717) is 19.4 Å². The summed E-state index contributed by atoms with van der Waals surface area (Å²) < 4.78 is 27.0. The largest absolute Gasteiger partial charge is 0.352 e. The van der Waals surface area contributed by atoms with Gasteiger partial charge in [-0.05, 0) is 44.4 Å². The molecule has 1 aromatic rings. The molecule has 2 heterocycles. The Kier molecular flexibility index (Phi) is 7.76. The van der Waals surface area contributed by atoms with Crippen molar-refractivity contribution in [1.82, 2.24) is 14.9 Å². The van der Waals surface area contributed by atoms with Crippen molar-refractivity contribution < 1.29 is 18.1 Å². The number of carbonyl (C=O) groups is 1. The van der Waals surface area contributed by atoms with Gasteiger partial charge in [-0.3, -0.25) is 14.9 Å². The lowest BCUT2D eigenvalue weighted by molar-refractivity contribution is -0.384. The number of non-ortho nitro benzene ring substituents is 1. The summed E-state index contributed by atoms with van der Waals surface area (Å²) in [6.45, 7) is 2.17. The highest BCUT2D eigenvalue weighted by molar-refractivity contribution is 7.89. The molecule has 0 aliphatic carbocycles. The van der Waals surface area contributed by atoms with E-state index in [2.05, 4.69) is 10.6 Å². The van der Waals surface area contributed by atoms with Crippen LogP contribution in [0, 0.1) is 16.0 Å². The third kappa shape index (κ3) is 5.19. The number of hydrogen-bond acceptors (Lipinski definition) is 6. The van der Waals surface area contributed by atoms with Crippen molar-refractivity contribution in [3.05, 3.63) is 34.4 Å². The topological polar surface area (TPSA) is 122 Å². The first kappa shape index (κ1) is 22.5. The number of carbonyl (C=O) groups excluding carboxylic acids is 1. The fraction of sp³-hybridized carbons (Fsp3) is 0.588. The Labute approximate surface area is 170 Å². The number of nitrogens with zero attached hydrogens (tertiary/aromatic N) is 2. The fourth-order valence-electron chi connectivity index (χ4n) is 3.56. The first-order valence-corrected chi connectivity index (χ1v) is 10.6. The first-order chi connectivity index (χ1) is 12.9. The minimum atomic E-state index is -3.79. The third-order valence-electron chi connectivity index (χ3n) is 5.08. The van der Waals surface area contributed by atoms with E-state index in [-0.39, 0.29) is 47.4 Å². The minimum Gasteiger partial charge on any atom is -0.352 e. The molecule has 11 heteroatoms. The number of nitrogens with one attached hydrogen (secondary N) is 2. The molecule has 156 valence electrons. The van der Waals surface area contributed by atoms with Crippen LogP contribution in [-0.2, 0) is 14.8 Å². The van der Waals surface area contributed by atoms with E-state index < -0.39 is 14.9 Å². The van der Waals surface area contributed by atoms with Crippen molar-refractivity contribution in [3.63, 3.8) is 0 Å². The van der Waals surface area contributed by atoms with Crippen LogP contribution in [0.4, 0.5) is 5.69 Å². The number of nitro benzene ring substituents is 1. The van der Waals surface area contributed by atoms with Gasteiger partial charge < -0.3 is 10.6 Å². The molecule has 28 heavy (non-hydrogen) atoms. The first-order valence-electron chi connectivity index (χ1n) is 9.13. The SMILES string of the molecule is Cl.O=C(NC1CCCNC1)C1CCCN(S(=O)(=O)c2ccc([N+](=O)[O-])cc2)C1. The summed E-state index contributed by atoms with van der Waals surface area (Å²) in [7, 11) is -3.79. The zero-order chi connectivity index (χ0) is 19.4. The predicted octanol–water partition coefficient (Wildman–Crippen LogP) is 1.29. The van der Waals surface area contributed by atoms with Gasteiger partial charge in [0, 0.05) is 37.8 Å². The summed E-state index contributed by atoms with van der Waals surface area (Å²) in [6.07, 6.45) is 3.19. The van der Waals surface area contributed by atoms with Crippen molar-refractivity contribution >= 4 is 34.0 Å². The molecular formula is C17H25ClN4O5S. The monoisotopic (exact) mass is 432 g/mol. The molecule has 0 saturated carbocycles. The summed E-state index contributed by atoms with van der Waals surface area (Å²) in [5, 5.41) is 17.0. The molecule has 2 atom stereocenters. The smallest absolute Gasteiger partial charge is 0.269 e.